The number of nitrogens with zero attached hydrogens (tertiary/aromatic N) is 3. The van der Waals surface area contributed by atoms with Gasteiger partial charge in [0.05, 0.1) is 25.1 Å². The van der Waals surface area contributed by atoms with E-state index in [9.17, 15) is 4.79 Å². The van der Waals surface area contributed by atoms with Crippen molar-refractivity contribution in [1.29, 1.82) is 5.26 Å². The molecule has 29 heavy (non-hydrogen) atoms. The first kappa shape index (κ1) is 20.4. The number of carbonyl (C=O) groups excluding carboxylic acids is 1. The first-order valence-corrected chi connectivity index (χ1v) is 9.52. The van der Waals surface area contributed by atoms with Gasteiger partial charge in [-0.15, -0.1) is 6.58 Å². The number of allylic oxidation sites excluding steroid dienone is 1. The molecule has 2 amide bonds. The summed E-state index contributed by atoms with van der Waals surface area (Å²) in [6.07, 6.45) is 6.05. The third kappa shape index (κ3) is 5.36. The summed E-state index contributed by atoms with van der Waals surface area (Å²) in [6.45, 7) is 4.59. The Bertz CT molecular complexity index is 958. The second-order valence-corrected chi connectivity index (χ2v) is 6.70. The summed E-state index contributed by atoms with van der Waals surface area (Å²) >= 11 is 6.33. The minimum absolute atomic E-state index is 0.0653. The van der Waals surface area contributed by atoms with Crippen LogP contribution in [-0.4, -0.2) is 29.2 Å². The summed E-state index contributed by atoms with van der Waals surface area (Å²) in [6, 6.07) is 4.83. The predicted molar refractivity (Wildman–Crippen MR) is 110 cm³/mol. The molecule has 2 N–H and O–H groups in total. The Labute approximate surface area is 173 Å². The molecule has 1 aliphatic heterocycles. The van der Waals surface area contributed by atoms with E-state index in [2.05, 4.69) is 27.2 Å². The zero-order valence-electron chi connectivity index (χ0n) is 15.7. The van der Waals surface area contributed by atoms with Crippen molar-refractivity contribution in [1.82, 2.24) is 9.97 Å². The molecule has 0 aliphatic carbocycles. The van der Waals surface area contributed by atoms with Crippen LogP contribution in [0.15, 0.2) is 31.0 Å². The van der Waals surface area contributed by atoms with Crippen molar-refractivity contribution < 1.29 is 14.3 Å². The average molecular weight is 414 g/mol. The predicted octanol–water partition coefficient (Wildman–Crippen LogP) is 4.32. The molecule has 0 saturated carbocycles. The number of nitrogens with one attached hydrogen (secondary N) is 2. The van der Waals surface area contributed by atoms with Gasteiger partial charge in [0.2, 0.25) is 5.69 Å². The van der Waals surface area contributed by atoms with Crippen LogP contribution in [0.5, 0.6) is 11.6 Å². The lowest BCUT2D eigenvalue weighted by molar-refractivity contribution is 0.261. The number of rotatable bonds is 2. The number of benzene rings is 1. The number of carbonyl (C=O) groups is 1. The van der Waals surface area contributed by atoms with Gasteiger partial charge in [-0.3, -0.25) is 5.32 Å². The maximum absolute atomic E-state index is 12.5. The topological polar surface area (TPSA) is 109 Å². The molecule has 2 bridgehead atoms. The second kappa shape index (κ2) is 9.75. The number of halogens is 1. The van der Waals surface area contributed by atoms with Gasteiger partial charge < -0.3 is 14.8 Å². The van der Waals surface area contributed by atoms with Crippen molar-refractivity contribution in [3.05, 3.63) is 47.3 Å². The third-order valence-corrected chi connectivity index (χ3v) is 4.49. The summed E-state index contributed by atoms with van der Waals surface area (Å²) < 4.78 is 11.5. The van der Waals surface area contributed by atoms with Gasteiger partial charge in [-0.05, 0) is 43.4 Å². The monoisotopic (exact) mass is 413 g/mol. The molecule has 3 rings (SSSR count). The van der Waals surface area contributed by atoms with Crippen LogP contribution in [0.25, 0.3) is 0 Å². The number of amides is 2. The van der Waals surface area contributed by atoms with Crippen molar-refractivity contribution in [2.24, 2.45) is 0 Å². The largest absolute Gasteiger partial charge is 0.491 e. The number of anilines is 2. The van der Waals surface area contributed by atoms with E-state index in [0.717, 1.165) is 24.8 Å². The number of fused-ring (bicyclic) bond motifs is 3. The molecule has 0 unspecified atom stereocenters. The Morgan fingerprint density at radius 3 is 2.79 bits per heavy atom. The van der Waals surface area contributed by atoms with E-state index < -0.39 is 6.03 Å². The minimum atomic E-state index is -0.554. The van der Waals surface area contributed by atoms with Crippen LogP contribution < -0.4 is 20.1 Å². The van der Waals surface area contributed by atoms with Crippen LogP contribution in [0.3, 0.4) is 0 Å². The van der Waals surface area contributed by atoms with E-state index in [1.807, 2.05) is 6.07 Å². The van der Waals surface area contributed by atoms with Gasteiger partial charge in [0, 0.05) is 5.02 Å². The van der Waals surface area contributed by atoms with Crippen molar-refractivity contribution in [2.45, 2.75) is 25.7 Å². The quantitative estimate of drug-likeness (QED) is 0.709. The van der Waals surface area contributed by atoms with Crippen molar-refractivity contribution in [3.63, 3.8) is 0 Å². The Balaban J connectivity index is 1.90. The van der Waals surface area contributed by atoms with Crippen LogP contribution in [0.2, 0.25) is 5.02 Å². The van der Waals surface area contributed by atoms with E-state index in [-0.39, 0.29) is 17.4 Å². The fourth-order valence-corrected chi connectivity index (χ4v) is 2.98. The molecule has 0 atom stereocenters. The summed E-state index contributed by atoms with van der Waals surface area (Å²) in [7, 11) is 0. The fourth-order valence-electron chi connectivity index (χ4n) is 2.74. The van der Waals surface area contributed by atoms with Gasteiger partial charge in [-0.2, -0.15) is 10.2 Å². The smallest absolute Gasteiger partial charge is 0.325 e. The van der Waals surface area contributed by atoms with Crippen molar-refractivity contribution in [2.75, 3.05) is 23.8 Å². The SMILES string of the molecule is C=CCc1cc2c(cc1Cl)NC(=O)Nc1cnc(C#N)c(n1)OCCCCCO2. The molecule has 8 nitrogen and oxygen atoms in total. The highest BCUT2D eigenvalue weighted by molar-refractivity contribution is 6.31. The highest BCUT2D eigenvalue weighted by atomic mass is 35.5. The summed E-state index contributed by atoms with van der Waals surface area (Å²) in [5.41, 5.74) is 1.36. The lowest BCUT2D eigenvalue weighted by Gasteiger charge is -2.15. The van der Waals surface area contributed by atoms with Gasteiger partial charge in [-0.1, -0.05) is 17.7 Å². The number of hydrogen-bond donors (Lipinski definition) is 2. The average Bonchev–Trinajstić information content (AvgIpc) is 2.70. The zero-order chi connectivity index (χ0) is 20.6. The van der Waals surface area contributed by atoms with E-state index in [1.165, 1.54) is 6.20 Å². The maximum Gasteiger partial charge on any atom is 0.325 e. The van der Waals surface area contributed by atoms with Gasteiger partial charge in [0.15, 0.2) is 5.82 Å². The maximum atomic E-state index is 12.5. The lowest BCUT2D eigenvalue weighted by Crippen LogP contribution is -2.21. The molecule has 150 valence electrons. The summed E-state index contributed by atoms with van der Waals surface area (Å²) in [5, 5.41) is 14.9. The van der Waals surface area contributed by atoms with Crippen LogP contribution in [0.4, 0.5) is 16.3 Å². The number of hydrogen-bond acceptors (Lipinski definition) is 6. The first-order valence-electron chi connectivity index (χ1n) is 9.14. The Hall–Kier alpha value is -3.31. The standard InChI is InChI=1S/C20H20ClN5O3/c1-2-6-13-9-17-15(10-14(13)21)24-20(27)26-18-12-23-16(11-22)19(25-18)29-8-5-3-4-7-28-17/h2,9-10,12H,1,3-8H2,(H2,24,25,26,27). The molecule has 1 aromatic heterocycles. The van der Waals surface area contributed by atoms with E-state index >= 15 is 0 Å². The van der Waals surface area contributed by atoms with Gasteiger partial charge in [-0.25, -0.2) is 9.78 Å². The normalized spacial score (nSPS) is 14.4. The van der Waals surface area contributed by atoms with Crippen molar-refractivity contribution in [3.8, 4) is 17.7 Å². The molecule has 0 spiro atoms. The number of nitriles is 1. The molecular weight excluding hydrogens is 394 g/mol. The Morgan fingerprint density at radius 1 is 1.24 bits per heavy atom. The Kier molecular flexibility index (Phi) is 6.87. The molecule has 0 fully saturated rings. The van der Waals surface area contributed by atoms with Crippen molar-refractivity contribution >= 4 is 29.1 Å². The molecule has 0 saturated heterocycles. The molecule has 1 aliphatic rings. The minimum Gasteiger partial charge on any atom is -0.491 e. The summed E-state index contributed by atoms with van der Waals surface area (Å²) in [5.74, 6) is 0.774. The number of urea groups is 1. The molecule has 0 radical (unpaired) electrons. The van der Waals surface area contributed by atoms with E-state index in [1.54, 1.807) is 18.2 Å². The lowest BCUT2D eigenvalue weighted by atomic mass is 10.1. The molecule has 9 heteroatoms. The molecule has 2 aromatic rings. The second-order valence-electron chi connectivity index (χ2n) is 6.29. The summed E-state index contributed by atoms with van der Waals surface area (Å²) in [4.78, 5) is 20.6. The molecule has 2 heterocycles. The van der Waals surface area contributed by atoms with Crippen LogP contribution in [0, 0.1) is 11.3 Å². The highest BCUT2D eigenvalue weighted by Gasteiger charge is 2.15. The highest BCUT2D eigenvalue weighted by Crippen LogP contribution is 2.32. The van der Waals surface area contributed by atoms with Crippen LogP contribution in [0.1, 0.15) is 30.5 Å². The molecular formula is C20H20ClN5O3. The first-order chi connectivity index (χ1) is 14.1. The van der Waals surface area contributed by atoms with Gasteiger partial charge in [0.25, 0.3) is 5.88 Å². The van der Waals surface area contributed by atoms with Crippen LogP contribution in [-0.2, 0) is 6.42 Å². The Morgan fingerprint density at radius 2 is 2.03 bits per heavy atom. The number of ether oxygens (including phenoxy) is 2. The third-order valence-electron chi connectivity index (χ3n) is 4.13. The fraction of sp³-hybridized carbons (Fsp3) is 0.300. The van der Waals surface area contributed by atoms with E-state index in [0.29, 0.717) is 36.1 Å². The van der Waals surface area contributed by atoms with Crippen LogP contribution >= 0.6 is 11.6 Å². The van der Waals surface area contributed by atoms with Gasteiger partial charge in [0.1, 0.15) is 11.8 Å². The molecule has 1 aromatic carbocycles. The van der Waals surface area contributed by atoms with Gasteiger partial charge >= 0.3 is 6.03 Å². The zero-order valence-corrected chi connectivity index (χ0v) is 16.5. The van der Waals surface area contributed by atoms with E-state index in [4.69, 9.17) is 26.3 Å². The number of aromatic nitrogens is 2.